The highest BCUT2D eigenvalue weighted by Gasteiger charge is 2.07. The average molecular weight is 299 g/mol. The number of aromatic nitrogens is 3. The molecule has 6 heteroatoms. The molecule has 0 saturated carbocycles. The van der Waals surface area contributed by atoms with E-state index in [1.807, 2.05) is 18.3 Å². The van der Waals surface area contributed by atoms with Crippen LogP contribution in [0.1, 0.15) is 13.3 Å². The molecule has 1 atom stereocenters. The lowest BCUT2D eigenvalue weighted by atomic mass is 10.1. The second kappa shape index (κ2) is 5.46. The van der Waals surface area contributed by atoms with Crippen molar-refractivity contribution in [2.24, 2.45) is 5.92 Å². The fourth-order valence-electron chi connectivity index (χ4n) is 1.54. The summed E-state index contributed by atoms with van der Waals surface area (Å²) in [5.41, 5.74) is 0.796. The van der Waals surface area contributed by atoms with Crippen molar-refractivity contribution in [1.29, 1.82) is 0 Å². The fourth-order valence-corrected chi connectivity index (χ4v) is 1.96. The van der Waals surface area contributed by atoms with Crippen molar-refractivity contribution >= 4 is 27.5 Å². The van der Waals surface area contributed by atoms with Crippen molar-refractivity contribution in [2.45, 2.75) is 13.3 Å². The Morgan fingerprint density at radius 1 is 1.59 bits per heavy atom. The first-order chi connectivity index (χ1) is 8.20. The summed E-state index contributed by atoms with van der Waals surface area (Å²) in [5, 5.41) is 16.3. The number of rotatable bonds is 5. The van der Waals surface area contributed by atoms with Crippen LogP contribution in [-0.2, 0) is 0 Å². The van der Waals surface area contributed by atoms with Crippen molar-refractivity contribution < 1.29 is 5.11 Å². The Morgan fingerprint density at radius 3 is 3.12 bits per heavy atom. The Balaban J connectivity index is 2.07. The molecule has 2 rings (SSSR count). The van der Waals surface area contributed by atoms with E-state index in [1.165, 1.54) is 0 Å². The number of hydrogen-bond acceptors (Lipinski definition) is 4. The minimum absolute atomic E-state index is 0.215. The highest BCUT2D eigenvalue weighted by atomic mass is 79.9. The third-order valence-corrected chi connectivity index (χ3v) is 3.16. The van der Waals surface area contributed by atoms with Gasteiger partial charge in [-0.25, -0.2) is 4.52 Å². The summed E-state index contributed by atoms with van der Waals surface area (Å²) >= 11 is 3.43. The van der Waals surface area contributed by atoms with Gasteiger partial charge < -0.3 is 10.4 Å². The Labute approximate surface area is 108 Å². The Bertz CT molecular complexity index is 499. The molecule has 2 aromatic heterocycles. The smallest absolute Gasteiger partial charge is 0.243 e. The van der Waals surface area contributed by atoms with Crippen molar-refractivity contribution in [3.63, 3.8) is 0 Å². The first-order valence-electron chi connectivity index (χ1n) is 5.56. The molecule has 0 radical (unpaired) electrons. The lowest BCUT2D eigenvalue weighted by Gasteiger charge is -2.08. The van der Waals surface area contributed by atoms with Gasteiger partial charge in [-0.2, -0.15) is 4.98 Å². The molecule has 0 bridgehead atoms. The summed E-state index contributed by atoms with van der Waals surface area (Å²) in [6.07, 6.45) is 2.64. The van der Waals surface area contributed by atoms with Gasteiger partial charge in [-0.3, -0.25) is 0 Å². The number of aliphatic hydroxyl groups is 1. The van der Waals surface area contributed by atoms with Gasteiger partial charge >= 0.3 is 0 Å². The van der Waals surface area contributed by atoms with Crippen LogP contribution in [0.5, 0.6) is 0 Å². The SMILES string of the molecule is CC(CCO)CNc1nc2c(Br)cccn2n1. The maximum atomic E-state index is 8.82. The highest BCUT2D eigenvalue weighted by molar-refractivity contribution is 9.10. The summed E-state index contributed by atoms with van der Waals surface area (Å²) < 4.78 is 2.65. The van der Waals surface area contributed by atoms with E-state index >= 15 is 0 Å². The van der Waals surface area contributed by atoms with Gasteiger partial charge in [0.15, 0.2) is 5.65 Å². The van der Waals surface area contributed by atoms with E-state index in [9.17, 15) is 0 Å². The first-order valence-corrected chi connectivity index (χ1v) is 6.35. The average Bonchev–Trinajstić information content (AvgIpc) is 2.71. The van der Waals surface area contributed by atoms with Crippen LogP contribution in [0.25, 0.3) is 5.65 Å². The monoisotopic (exact) mass is 298 g/mol. The Hall–Kier alpha value is -1.14. The summed E-state index contributed by atoms with van der Waals surface area (Å²) in [5.74, 6) is 1.01. The fraction of sp³-hybridized carbons (Fsp3) is 0.455. The van der Waals surface area contributed by atoms with Gasteiger partial charge in [0.1, 0.15) is 0 Å². The van der Waals surface area contributed by atoms with E-state index < -0.39 is 0 Å². The number of halogens is 1. The van der Waals surface area contributed by atoms with Crippen LogP contribution in [0.3, 0.4) is 0 Å². The maximum absolute atomic E-state index is 8.82. The van der Waals surface area contributed by atoms with Crippen molar-refractivity contribution in [3.05, 3.63) is 22.8 Å². The Morgan fingerprint density at radius 2 is 2.41 bits per heavy atom. The van der Waals surface area contributed by atoms with Gasteiger partial charge in [0.2, 0.25) is 5.95 Å². The Kier molecular flexibility index (Phi) is 3.96. The molecule has 0 aliphatic heterocycles. The number of nitrogens with zero attached hydrogens (tertiary/aromatic N) is 3. The van der Waals surface area contributed by atoms with E-state index in [-0.39, 0.29) is 6.61 Å². The molecule has 0 amide bonds. The molecule has 0 saturated heterocycles. The summed E-state index contributed by atoms with van der Waals surface area (Å²) in [6, 6.07) is 3.84. The summed E-state index contributed by atoms with van der Waals surface area (Å²) in [6.45, 7) is 3.05. The molecule has 0 fully saturated rings. The van der Waals surface area contributed by atoms with Crippen LogP contribution in [0, 0.1) is 5.92 Å². The maximum Gasteiger partial charge on any atom is 0.243 e. The van der Waals surface area contributed by atoms with Gasteiger partial charge in [0, 0.05) is 19.3 Å². The van der Waals surface area contributed by atoms with Crippen LogP contribution in [0.2, 0.25) is 0 Å². The number of hydrogen-bond donors (Lipinski definition) is 2. The lowest BCUT2D eigenvalue weighted by Crippen LogP contribution is -2.13. The molecule has 0 aliphatic rings. The summed E-state index contributed by atoms with van der Waals surface area (Å²) in [7, 11) is 0. The predicted octanol–water partition coefficient (Wildman–Crippen LogP) is 1.92. The minimum atomic E-state index is 0.215. The van der Waals surface area contributed by atoms with Crippen LogP contribution in [-0.4, -0.2) is 32.9 Å². The number of anilines is 1. The quantitative estimate of drug-likeness (QED) is 0.885. The molecular formula is C11H15BrN4O. The predicted molar refractivity (Wildman–Crippen MR) is 70.0 cm³/mol. The third-order valence-electron chi connectivity index (χ3n) is 2.55. The normalized spacial score (nSPS) is 12.9. The van der Waals surface area contributed by atoms with E-state index in [0.29, 0.717) is 11.9 Å². The first kappa shape index (κ1) is 12.3. The highest BCUT2D eigenvalue weighted by Crippen LogP contribution is 2.16. The minimum Gasteiger partial charge on any atom is -0.396 e. The van der Waals surface area contributed by atoms with Crippen molar-refractivity contribution in [1.82, 2.24) is 14.6 Å². The molecule has 0 spiro atoms. The number of nitrogens with one attached hydrogen (secondary N) is 1. The van der Waals surface area contributed by atoms with Gasteiger partial charge in [-0.05, 0) is 40.4 Å². The summed E-state index contributed by atoms with van der Waals surface area (Å²) in [4.78, 5) is 4.38. The van der Waals surface area contributed by atoms with Crippen LogP contribution >= 0.6 is 15.9 Å². The van der Waals surface area contributed by atoms with E-state index in [1.54, 1.807) is 4.52 Å². The molecule has 2 aromatic rings. The van der Waals surface area contributed by atoms with E-state index in [4.69, 9.17) is 5.11 Å². The zero-order chi connectivity index (χ0) is 12.3. The molecule has 2 N–H and O–H groups in total. The molecule has 5 nitrogen and oxygen atoms in total. The molecule has 2 heterocycles. The number of aliphatic hydroxyl groups excluding tert-OH is 1. The molecular weight excluding hydrogens is 284 g/mol. The van der Waals surface area contributed by atoms with Crippen LogP contribution in [0.4, 0.5) is 5.95 Å². The standard InChI is InChI=1S/C11H15BrN4O/c1-8(4-6-17)7-13-11-14-10-9(12)3-2-5-16(10)15-11/h2-3,5,8,17H,4,6-7H2,1H3,(H,13,15). The van der Waals surface area contributed by atoms with E-state index in [0.717, 1.165) is 23.1 Å². The molecule has 1 unspecified atom stereocenters. The lowest BCUT2D eigenvalue weighted by molar-refractivity contribution is 0.265. The van der Waals surface area contributed by atoms with E-state index in [2.05, 4.69) is 38.3 Å². The zero-order valence-corrected chi connectivity index (χ0v) is 11.2. The molecule has 0 aliphatic carbocycles. The van der Waals surface area contributed by atoms with Crippen molar-refractivity contribution in [3.8, 4) is 0 Å². The molecule has 0 aromatic carbocycles. The van der Waals surface area contributed by atoms with Crippen LogP contribution in [0.15, 0.2) is 22.8 Å². The number of fused-ring (bicyclic) bond motifs is 1. The van der Waals surface area contributed by atoms with Gasteiger partial charge in [0.25, 0.3) is 0 Å². The topological polar surface area (TPSA) is 62.5 Å². The third kappa shape index (κ3) is 2.95. The second-order valence-electron chi connectivity index (χ2n) is 4.06. The molecule has 92 valence electrons. The van der Waals surface area contributed by atoms with Gasteiger partial charge in [-0.1, -0.05) is 6.92 Å². The van der Waals surface area contributed by atoms with Gasteiger partial charge in [-0.15, -0.1) is 5.10 Å². The zero-order valence-electron chi connectivity index (χ0n) is 9.60. The second-order valence-corrected chi connectivity index (χ2v) is 4.91. The van der Waals surface area contributed by atoms with Crippen molar-refractivity contribution in [2.75, 3.05) is 18.5 Å². The largest absolute Gasteiger partial charge is 0.396 e. The molecule has 17 heavy (non-hydrogen) atoms. The van der Waals surface area contributed by atoms with Crippen LogP contribution < -0.4 is 5.32 Å². The number of pyridine rings is 1. The van der Waals surface area contributed by atoms with Gasteiger partial charge in [0.05, 0.1) is 4.47 Å².